The first-order valence-corrected chi connectivity index (χ1v) is 8.10. The lowest BCUT2D eigenvalue weighted by Crippen LogP contribution is -2.46. The van der Waals surface area contributed by atoms with Crippen LogP contribution in [0.1, 0.15) is 36.0 Å². The van der Waals surface area contributed by atoms with Gasteiger partial charge >= 0.3 is 6.18 Å². The highest BCUT2D eigenvalue weighted by Gasteiger charge is 2.43. The van der Waals surface area contributed by atoms with Gasteiger partial charge in [-0.25, -0.2) is 0 Å². The van der Waals surface area contributed by atoms with E-state index in [2.05, 4.69) is 10.9 Å². The van der Waals surface area contributed by atoms with Crippen LogP contribution in [0.25, 0.3) is 0 Å². The zero-order valence-corrected chi connectivity index (χ0v) is 14.2. The van der Waals surface area contributed by atoms with E-state index in [0.29, 0.717) is 17.9 Å². The van der Waals surface area contributed by atoms with Crippen molar-refractivity contribution in [2.24, 2.45) is 11.8 Å². The fourth-order valence-electron chi connectivity index (χ4n) is 2.87. The third-order valence-electron chi connectivity index (χ3n) is 4.21. The van der Waals surface area contributed by atoms with Crippen LogP contribution in [-0.2, 0) is 4.79 Å². The summed E-state index contributed by atoms with van der Waals surface area (Å²) in [6, 6.07) is 4.39. The number of ether oxygens (including phenoxy) is 1. The van der Waals surface area contributed by atoms with Gasteiger partial charge in [0, 0.05) is 10.9 Å². The molecule has 1 aromatic rings. The van der Waals surface area contributed by atoms with Gasteiger partial charge < -0.3 is 4.74 Å². The number of hydrazine groups is 1. The maximum absolute atomic E-state index is 12.8. The van der Waals surface area contributed by atoms with Gasteiger partial charge in [0.15, 0.2) is 0 Å². The van der Waals surface area contributed by atoms with Crippen molar-refractivity contribution in [1.29, 1.82) is 0 Å². The maximum Gasteiger partial charge on any atom is 0.391 e. The molecule has 1 aromatic carbocycles. The number of carbonyl (C=O) groups excluding carboxylic acids is 2. The molecular weight excluding hydrogens is 361 g/mol. The molecule has 0 aromatic heterocycles. The molecular formula is C16H18ClF3N2O3. The molecule has 2 N–H and O–H groups in total. The molecule has 0 saturated heterocycles. The molecule has 1 saturated carbocycles. The number of hydrogen-bond acceptors (Lipinski definition) is 3. The van der Waals surface area contributed by atoms with Crippen LogP contribution in [0.4, 0.5) is 13.2 Å². The van der Waals surface area contributed by atoms with Gasteiger partial charge in [-0.05, 0) is 37.5 Å². The molecule has 0 unspecified atom stereocenters. The van der Waals surface area contributed by atoms with Gasteiger partial charge in [-0.2, -0.15) is 13.2 Å². The van der Waals surface area contributed by atoms with E-state index in [0.717, 1.165) is 0 Å². The highest BCUT2D eigenvalue weighted by molar-refractivity contribution is 6.31. The summed E-state index contributed by atoms with van der Waals surface area (Å²) in [5.41, 5.74) is 4.49. The molecule has 0 radical (unpaired) electrons. The van der Waals surface area contributed by atoms with Crippen LogP contribution in [-0.4, -0.2) is 25.1 Å². The number of methoxy groups -OCH3 is 1. The van der Waals surface area contributed by atoms with Crippen LogP contribution >= 0.6 is 11.6 Å². The quantitative estimate of drug-likeness (QED) is 0.791. The van der Waals surface area contributed by atoms with Gasteiger partial charge in [0.25, 0.3) is 5.91 Å². The molecule has 138 valence electrons. The van der Waals surface area contributed by atoms with Crippen molar-refractivity contribution in [1.82, 2.24) is 10.9 Å². The number of carbonyl (C=O) groups is 2. The Balaban J connectivity index is 1.96. The Labute approximate surface area is 147 Å². The Bertz CT molecular complexity index is 652. The molecule has 0 spiro atoms. The fourth-order valence-corrected chi connectivity index (χ4v) is 3.04. The Hall–Kier alpha value is -1.96. The topological polar surface area (TPSA) is 67.4 Å². The zero-order chi connectivity index (χ0) is 18.6. The van der Waals surface area contributed by atoms with E-state index in [4.69, 9.17) is 16.3 Å². The van der Waals surface area contributed by atoms with Crippen molar-refractivity contribution in [2.45, 2.75) is 31.9 Å². The van der Waals surface area contributed by atoms with Gasteiger partial charge in [-0.15, -0.1) is 0 Å². The minimum atomic E-state index is -4.31. The Morgan fingerprint density at radius 2 is 1.96 bits per heavy atom. The van der Waals surface area contributed by atoms with Crippen molar-refractivity contribution in [3.05, 3.63) is 28.8 Å². The standard InChI is InChI=1S/C16H18ClF3N2O3/c1-25-13-6-5-11(17)8-12(13)15(24)22-21-14(23)9-3-2-4-10(7-9)16(18,19)20/h5-6,8-10H,2-4,7H2,1H3,(H,21,23)(H,22,24)/t9-,10-/m1/s1. The van der Waals surface area contributed by atoms with Crippen molar-refractivity contribution < 1.29 is 27.5 Å². The summed E-state index contributed by atoms with van der Waals surface area (Å²) >= 11 is 5.83. The van der Waals surface area contributed by atoms with Crippen LogP contribution in [0.15, 0.2) is 18.2 Å². The molecule has 0 bridgehead atoms. The van der Waals surface area contributed by atoms with Crippen LogP contribution in [0.3, 0.4) is 0 Å². The van der Waals surface area contributed by atoms with Gasteiger partial charge in [-0.1, -0.05) is 18.0 Å². The molecule has 5 nitrogen and oxygen atoms in total. The molecule has 2 rings (SSSR count). The second-order valence-corrected chi connectivity index (χ2v) is 6.33. The molecule has 1 aliphatic carbocycles. The molecule has 1 aliphatic rings. The van der Waals surface area contributed by atoms with E-state index >= 15 is 0 Å². The molecule has 25 heavy (non-hydrogen) atoms. The predicted octanol–water partition coefficient (Wildman–Crippen LogP) is 3.48. The average Bonchev–Trinajstić information content (AvgIpc) is 2.58. The van der Waals surface area contributed by atoms with E-state index in [1.54, 1.807) is 0 Å². The number of alkyl halides is 3. The first-order chi connectivity index (χ1) is 11.7. The lowest BCUT2D eigenvalue weighted by Gasteiger charge is -2.29. The minimum absolute atomic E-state index is 0.0271. The Morgan fingerprint density at radius 1 is 1.24 bits per heavy atom. The molecule has 1 fully saturated rings. The molecule has 2 atom stereocenters. The van der Waals surface area contributed by atoms with E-state index in [1.807, 2.05) is 0 Å². The van der Waals surface area contributed by atoms with Gasteiger partial charge in [-0.3, -0.25) is 20.4 Å². The minimum Gasteiger partial charge on any atom is -0.496 e. The molecule has 0 aliphatic heterocycles. The summed E-state index contributed by atoms with van der Waals surface area (Å²) in [7, 11) is 1.37. The van der Waals surface area contributed by atoms with Crippen molar-refractivity contribution in [3.63, 3.8) is 0 Å². The molecule has 9 heteroatoms. The molecule has 2 amide bonds. The number of amides is 2. The average molecular weight is 379 g/mol. The lowest BCUT2D eigenvalue weighted by molar-refractivity contribution is -0.186. The third-order valence-corrected chi connectivity index (χ3v) is 4.45. The smallest absolute Gasteiger partial charge is 0.391 e. The normalized spacial score (nSPS) is 20.7. The SMILES string of the molecule is COc1ccc(Cl)cc1C(=O)NNC(=O)[C@@H]1CCC[C@@H](C(F)(F)F)C1. The number of hydrogen-bond donors (Lipinski definition) is 2. The second kappa shape index (κ2) is 7.95. The summed E-state index contributed by atoms with van der Waals surface area (Å²) in [4.78, 5) is 24.2. The van der Waals surface area contributed by atoms with E-state index in [1.165, 1.54) is 25.3 Å². The van der Waals surface area contributed by atoms with Crippen LogP contribution in [0, 0.1) is 11.8 Å². The fraction of sp³-hybridized carbons (Fsp3) is 0.500. The zero-order valence-electron chi connectivity index (χ0n) is 13.5. The summed E-state index contributed by atoms with van der Waals surface area (Å²) in [6.07, 6.45) is -3.88. The maximum atomic E-state index is 12.8. The second-order valence-electron chi connectivity index (χ2n) is 5.89. The van der Waals surface area contributed by atoms with E-state index in [-0.39, 0.29) is 24.2 Å². The van der Waals surface area contributed by atoms with Crippen molar-refractivity contribution in [3.8, 4) is 5.75 Å². The van der Waals surface area contributed by atoms with Gasteiger partial charge in [0.05, 0.1) is 18.6 Å². The van der Waals surface area contributed by atoms with Gasteiger partial charge in [0.1, 0.15) is 5.75 Å². The van der Waals surface area contributed by atoms with Crippen LogP contribution in [0.2, 0.25) is 5.02 Å². The van der Waals surface area contributed by atoms with E-state index in [9.17, 15) is 22.8 Å². The lowest BCUT2D eigenvalue weighted by atomic mass is 9.80. The number of halogens is 4. The summed E-state index contributed by atoms with van der Waals surface area (Å²) in [6.45, 7) is 0. The largest absolute Gasteiger partial charge is 0.496 e. The predicted molar refractivity (Wildman–Crippen MR) is 85.1 cm³/mol. The molecule has 0 heterocycles. The Kier molecular flexibility index (Phi) is 6.16. The summed E-state index contributed by atoms with van der Waals surface area (Å²) < 4.78 is 43.5. The number of nitrogens with one attached hydrogen (secondary N) is 2. The first kappa shape index (κ1) is 19.4. The summed E-state index contributed by atoms with van der Waals surface area (Å²) in [5, 5.41) is 0.303. The number of rotatable bonds is 3. The number of benzene rings is 1. The third kappa shape index (κ3) is 5.01. The van der Waals surface area contributed by atoms with Gasteiger partial charge in [0.2, 0.25) is 5.91 Å². The Morgan fingerprint density at radius 3 is 2.60 bits per heavy atom. The first-order valence-electron chi connectivity index (χ1n) is 7.72. The van der Waals surface area contributed by atoms with Crippen LogP contribution < -0.4 is 15.6 Å². The van der Waals surface area contributed by atoms with Crippen LogP contribution in [0.5, 0.6) is 5.75 Å². The summed E-state index contributed by atoms with van der Waals surface area (Å²) in [5.74, 6) is -3.33. The van der Waals surface area contributed by atoms with Crippen molar-refractivity contribution >= 4 is 23.4 Å². The highest BCUT2D eigenvalue weighted by Crippen LogP contribution is 2.39. The highest BCUT2D eigenvalue weighted by atomic mass is 35.5. The van der Waals surface area contributed by atoms with E-state index < -0.39 is 29.8 Å². The van der Waals surface area contributed by atoms with Crippen molar-refractivity contribution in [2.75, 3.05) is 7.11 Å². The monoisotopic (exact) mass is 378 g/mol.